The molecule has 212 valence electrons. The third-order valence-corrected chi connectivity index (χ3v) is 9.60. The summed E-state index contributed by atoms with van der Waals surface area (Å²) < 4.78 is 2.39. The molecule has 0 saturated carbocycles. The van der Waals surface area contributed by atoms with Crippen molar-refractivity contribution in [1.29, 1.82) is 0 Å². The molecule has 9 rings (SSSR count). The van der Waals surface area contributed by atoms with Gasteiger partial charge in [0.2, 0.25) is 0 Å². The van der Waals surface area contributed by atoms with E-state index in [-0.39, 0.29) is 0 Å². The van der Waals surface area contributed by atoms with E-state index in [1.54, 1.807) is 6.20 Å². The van der Waals surface area contributed by atoms with Crippen molar-refractivity contribution in [2.24, 2.45) is 0 Å². The van der Waals surface area contributed by atoms with Gasteiger partial charge in [-0.3, -0.25) is 4.98 Å². The van der Waals surface area contributed by atoms with Crippen molar-refractivity contribution in [2.75, 3.05) is 0 Å². The van der Waals surface area contributed by atoms with Gasteiger partial charge in [-0.2, -0.15) is 0 Å². The lowest BCUT2D eigenvalue weighted by Crippen LogP contribution is -2.28. The van der Waals surface area contributed by atoms with Crippen LogP contribution in [0.1, 0.15) is 22.3 Å². The molecule has 0 amide bonds. The Kier molecular flexibility index (Phi) is 5.81. The molecular weight excluding hydrogens is 568 g/mol. The maximum atomic E-state index is 6.64. The number of pyridine rings is 1. The summed E-state index contributed by atoms with van der Waals surface area (Å²) in [6.07, 6.45) is 3.64. The Morgan fingerprint density at radius 2 is 1.13 bits per heavy atom. The van der Waals surface area contributed by atoms with E-state index in [9.17, 15) is 0 Å². The van der Waals surface area contributed by atoms with Gasteiger partial charge in [0.15, 0.2) is 0 Å². The molecule has 6 aromatic carbocycles. The van der Waals surface area contributed by atoms with E-state index in [1.807, 2.05) is 12.3 Å². The lowest BCUT2D eigenvalue weighted by atomic mass is 9.67. The summed E-state index contributed by atoms with van der Waals surface area (Å²) in [5.74, 6) is 0. The normalized spacial score (nSPS) is 13.2. The molecule has 0 atom stereocenters. The zero-order chi connectivity index (χ0) is 30.0. The van der Waals surface area contributed by atoms with Gasteiger partial charge in [-0.25, -0.2) is 0 Å². The molecule has 0 fully saturated rings. The van der Waals surface area contributed by atoms with E-state index in [0.717, 1.165) is 27.8 Å². The maximum absolute atomic E-state index is 6.64. The minimum atomic E-state index is -0.528. The van der Waals surface area contributed by atoms with Crippen molar-refractivity contribution >= 4 is 33.4 Å². The van der Waals surface area contributed by atoms with Gasteiger partial charge < -0.3 is 4.57 Å². The highest BCUT2D eigenvalue weighted by Crippen LogP contribution is 2.57. The molecule has 2 aromatic heterocycles. The summed E-state index contributed by atoms with van der Waals surface area (Å²) >= 11 is 6.64. The number of nitrogens with zero attached hydrogens (tertiary/aromatic N) is 2. The Hall–Kier alpha value is -5.44. The molecule has 45 heavy (non-hydrogen) atoms. The number of aromatic nitrogens is 2. The Morgan fingerprint density at radius 1 is 0.511 bits per heavy atom. The lowest BCUT2D eigenvalue weighted by molar-refractivity contribution is 0.770. The quantitative estimate of drug-likeness (QED) is 0.198. The number of para-hydroxylation sites is 2. The standard InChI is InChI=1S/C42H27ClN2/c43-31-23-28(26-44-27-31)36-24-30(25-37-35-19-9-12-22-40(35)45(41(36)37)32-15-5-2-6-16-32)42(29-13-3-1-4-14-29)38-20-10-7-17-33(38)34-18-8-11-21-39(34)42/h1-27H. The molecule has 2 nitrogen and oxygen atoms in total. The van der Waals surface area contributed by atoms with Gasteiger partial charge in [-0.05, 0) is 69.8 Å². The highest BCUT2D eigenvalue weighted by molar-refractivity contribution is 6.30. The first-order valence-corrected chi connectivity index (χ1v) is 15.6. The van der Waals surface area contributed by atoms with Crippen LogP contribution >= 0.6 is 11.6 Å². The molecule has 0 saturated heterocycles. The molecule has 0 N–H and O–H groups in total. The molecule has 0 spiro atoms. The summed E-state index contributed by atoms with van der Waals surface area (Å²) in [5, 5.41) is 3.01. The Labute approximate surface area is 266 Å². The summed E-state index contributed by atoms with van der Waals surface area (Å²) in [6.45, 7) is 0. The largest absolute Gasteiger partial charge is 0.309 e. The van der Waals surface area contributed by atoms with E-state index in [0.29, 0.717) is 5.02 Å². The van der Waals surface area contributed by atoms with Crippen LogP contribution in [0.3, 0.4) is 0 Å². The number of halogens is 1. The van der Waals surface area contributed by atoms with E-state index in [4.69, 9.17) is 11.6 Å². The van der Waals surface area contributed by atoms with Crippen molar-refractivity contribution in [3.63, 3.8) is 0 Å². The fourth-order valence-electron chi connectivity index (χ4n) is 7.65. The molecular formula is C42H27ClN2. The predicted octanol–water partition coefficient (Wildman–Crippen LogP) is 10.9. The third-order valence-electron chi connectivity index (χ3n) is 9.39. The third kappa shape index (κ3) is 3.73. The minimum absolute atomic E-state index is 0.528. The number of benzene rings is 6. The number of hydrogen-bond acceptors (Lipinski definition) is 1. The topological polar surface area (TPSA) is 17.8 Å². The lowest BCUT2D eigenvalue weighted by Gasteiger charge is -2.34. The zero-order valence-corrected chi connectivity index (χ0v) is 25.1. The van der Waals surface area contributed by atoms with Gasteiger partial charge in [0.25, 0.3) is 0 Å². The van der Waals surface area contributed by atoms with Gasteiger partial charge in [0.1, 0.15) is 0 Å². The SMILES string of the molecule is Clc1cncc(-c2cc(C3(c4ccccc4)c4ccccc4-c4ccccc43)cc3c4ccccc4n(-c4ccccc4)c23)c1. The monoisotopic (exact) mass is 594 g/mol. The van der Waals surface area contributed by atoms with Crippen LogP contribution in [0.2, 0.25) is 5.02 Å². The molecule has 0 bridgehead atoms. The first kappa shape index (κ1) is 26.0. The highest BCUT2D eigenvalue weighted by Gasteiger charge is 2.46. The first-order chi connectivity index (χ1) is 22.2. The van der Waals surface area contributed by atoms with Gasteiger partial charge in [0, 0.05) is 40.0 Å². The number of hydrogen-bond donors (Lipinski definition) is 0. The summed E-state index contributed by atoms with van der Waals surface area (Å²) in [5.41, 5.74) is 12.5. The number of rotatable bonds is 4. The average molecular weight is 595 g/mol. The highest BCUT2D eigenvalue weighted by atomic mass is 35.5. The van der Waals surface area contributed by atoms with E-state index < -0.39 is 5.41 Å². The summed E-state index contributed by atoms with van der Waals surface area (Å²) in [7, 11) is 0. The van der Waals surface area contributed by atoms with Crippen LogP contribution in [-0.4, -0.2) is 9.55 Å². The first-order valence-electron chi connectivity index (χ1n) is 15.2. The minimum Gasteiger partial charge on any atom is -0.309 e. The maximum Gasteiger partial charge on any atom is 0.0714 e. The van der Waals surface area contributed by atoms with E-state index >= 15 is 0 Å². The van der Waals surface area contributed by atoms with E-state index in [2.05, 4.69) is 155 Å². The van der Waals surface area contributed by atoms with Crippen LogP contribution in [0.25, 0.3) is 49.7 Å². The van der Waals surface area contributed by atoms with Gasteiger partial charge >= 0.3 is 0 Å². The second kappa shape index (κ2) is 10.1. The van der Waals surface area contributed by atoms with Crippen LogP contribution in [-0.2, 0) is 5.41 Å². The second-order valence-corrected chi connectivity index (χ2v) is 12.1. The van der Waals surface area contributed by atoms with Crippen molar-refractivity contribution in [3.8, 4) is 27.9 Å². The predicted molar refractivity (Wildman–Crippen MR) is 186 cm³/mol. The number of fused-ring (bicyclic) bond motifs is 6. The second-order valence-electron chi connectivity index (χ2n) is 11.7. The smallest absolute Gasteiger partial charge is 0.0714 e. The average Bonchev–Trinajstić information content (AvgIpc) is 3.60. The van der Waals surface area contributed by atoms with Crippen LogP contribution in [0, 0.1) is 0 Å². The molecule has 0 radical (unpaired) electrons. The molecule has 1 aliphatic rings. The molecule has 0 unspecified atom stereocenters. The fourth-order valence-corrected chi connectivity index (χ4v) is 7.82. The van der Waals surface area contributed by atoms with Gasteiger partial charge in [0.05, 0.1) is 21.5 Å². The van der Waals surface area contributed by atoms with Gasteiger partial charge in [-0.1, -0.05) is 127 Å². The van der Waals surface area contributed by atoms with Crippen molar-refractivity contribution in [2.45, 2.75) is 5.41 Å². The van der Waals surface area contributed by atoms with Crippen LogP contribution in [0.15, 0.2) is 164 Å². The van der Waals surface area contributed by atoms with Crippen LogP contribution in [0.5, 0.6) is 0 Å². The van der Waals surface area contributed by atoms with Gasteiger partial charge in [-0.15, -0.1) is 0 Å². The van der Waals surface area contributed by atoms with E-state index in [1.165, 1.54) is 44.2 Å². The summed E-state index contributed by atoms with van der Waals surface area (Å²) in [6, 6.07) is 54.9. The van der Waals surface area contributed by atoms with Crippen molar-refractivity contribution in [3.05, 3.63) is 191 Å². The zero-order valence-electron chi connectivity index (χ0n) is 24.4. The van der Waals surface area contributed by atoms with Crippen LogP contribution in [0.4, 0.5) is 0 Å². The molecule has 1 aliphatic carbocycles. The Bertz CT molecular complexity index is 2340. The Morgan fingerprint density at radius 3 is 1.84 bits per heavy atom. The summed E-state index contributed by atoms with van der Waals surface area (Å²) in [4.78, 5) is 4.56. The molecule has 3 heteroatoms. The molecule has 8 aromatic rings. The van der Waals surface area contributed by atoms with Crippen molar-refractivity contribution < 1.29 is 0 Å². The van der Waals surface area contributed by atoms with Crippen molar-refractivity contribution in [1.82, 2.24) is 9.55 Å². The van der Waals surface area contributed by atoms with Crippen LogP contribution < -0.4 is 0 Å². The molecule has 0 aliphatic heterocycles. The molecule has 2 heterocycles. The fraction of sp³-hybridized carbons (Fsp3) is 0.0238. The Balaban J connectivity index is 1.50.